The van der Waals surface area contributed by atoms with E-state index >= 15 is 0 Å². The summed E-state index contributed by atoms with van der Waals surface area (Å²) in [6.45, 7) is 8.02. The molecule has 0 spiro atoms. The maximum atomic E-state index is 11.8. The van der Waals surface area contributed by atoms with Gasteiger partial charge >= 0.3 is 6.09 Å². The molecule has 25 heavy (non-hydrogen) atoms. The molecule has 0 aliphatic rings. The summed E-state index contributed by atoms with van der Waals surface area (Å²) in [4.78, 5) is 16.3. The Hall–Kier alpha value is -1.51. The summed E-state index contributed by atoms with van der Waals surface area (Å²) in [5, 5.41) is 5.82. The molecule has 0 saturated carbocycles. The SMILES string of the molecule is CCCCC(CNC(=O)OC(C)(C)C)N=C(N)Nc1ccccc1.I. The minimum Gasteiger partial charge on any atom is -0.444 e. The lowest BCUT2D eigenvalue weighted by atomic mass is 10.1. The van der Waals surface area contributed by atoms with Crippen LogP contribution in [0.5, 0.6) is 0 Å². The summed E-state index contributed by atoms with van der Waals surface area (Å²) in [7, 11) is 0. The van der Waals surface area contributed by atoms with E-state index in [-0.39, 0.29) is 30.0 Å². The number of aliphatic imine (C=N–C) groups is 1. The van der Waals surface area contributed by atoms with E-state index in [4.69, 9.17) is 10.5 Å². The standard InChI is InChI=1S/C18H30N4O2.HI/c1-5-6-10-15(13-20-17(23)24-18(2,3)4)22-16(19)21-14-11-8-7-9-12-14;/h7-9,11-12,15H,5-6,10,13H2,1-4H3,(H,20,23)(H3,19,21,22);1H. The van der Waals surface area contributed by atoms with E-state index in [0.717, 1.165) is 24.9 Å². The normalized spacial score (nSPS) is 12.7. The largest absolute Gasteiger partial charge is 0.444 e. The Morgan fingerprint density at radius 2 is 1.92 bits per heavy atom. The summed E-state index contributed by atoms with van der Waals surface area (Å²) < 4.78 is 5.25. The van der Waals surface area contributed by atoms with Gasteiger partial charge in [0, 0.05) is 12.2 Å². The summed E-state index contributed by atoms with van der Waals surface area (Å²) >= 11 is 0. The van der Waals surface area contributed by atoms with Gasteiger partial charge in [0.05, 0.1) is 6.04 Å². The minimum atomic E-state index is -0.514. The van der Waals surface area contributed by atoms with Crippen LogP contribution >= 0.6 is 24.0 Å². The first kappa shape index (κ1) is 23.5. The molecule has 7 heteroatoms. The molecular weight excluding hydrogens is 431 g/mol. The number of carbonyl (C=O) groups excluding carboxylic acids is 1. The lowest BCUT2D eigenvalue weighted by molar-refractivity contribution is 0.0524. The zero-order valence-electron chi connectivity index (χ0n) is 15.5. The van der Waals surface area contributed by atoms with Crippen LogP contribution in [0.2, 0.25) is 0 Å². The van der Waals surface area contributed by atoms with Crippen molar-refractivity contribution >= 4 is 41.7 Å². The molecule has 1 amide bonds. The number of benzene rings is 1. The van der Waals surface area contributed by atoms with E-state index < -0.39 is 11.7 Å². The van der Waals surface area contributed by atoms with Gasteiger partial charge in [0.15, 0.2) is 5.96 Å². The number of amides is 1. The van der Waals surface area contributed by atoms with Crippen molar-refractivity contribution in [2.24, 2.45) is 10.7 Å². The first-order chi connectivity index (χ1) is 11.3. The van der Waals surface area contributed by atoms with Gasteiger partial charge in [-0.2, -0.15) is 0 Å². The number of anilines is 1. The third kappa shape index (κ3) is 11.6. The van der Waals surface area contributed by atoms with Gasteiger partial charge in [0.2, 0.25) is 0 Å². The predicted molar refractivity (Wildman–Crippen MR) is 115 cm³/mol. The highest BCUT2D eigenvalue weighted by molar-refractivity contribution is 14.0. The first-order valence-corrected chi connectivity index (χ1v) is 8.42. The van der Waals surface area contributed by atoms with Crippen molar-refractivity contribution < 1.29 is 9.53 Å². The van der Waals surface area contributed by atoms with Gasteiger partial charge in [0.25, 0.3) is 0 Å². The molecule has 0 heterocycles. The second kappa shape index (κ2) is 11.9. The Balaban J connectivity index is 0.00000576. The number of carbonyl (C=O) groups is 1. The van der Waals surface area contributed by atoms with Crippen molar-refractivity contribution in [3.05, 3.63) is 30.3 Å². The number of alkyl carbamates (subject to hydrolysis) is 1. The van der Waals surface area contributed by atoms with Gasteiger partial charge in [0.1, 0.15) is 5.60 Å². The Morgan fingerprint density at radius 1 is 1.28 bits per heavy atom. The molecule has 4 N–H and O–H groups in total. The number of rotatable bonds is 7. The lowest BCUT2D eigenvalue weighted by Crippen LogP contribution is -2.37. The van der Waals surface area contributed by atoms with Crippen LogP contribution in [0.1, 0.15) is 47.0 Å². The fraction of sp³-hybridized carbons (Fsp3) is 0.556. The third-order valence-electron chi connectivity index (χ3n) is 3.14. The smallest absolute Gasteiger partial charge is 0.407 e. The molecule has 0 radical (unpaired) electrons. The van der Waals surface area contributed by atoms with Gasteiger partial charge in [-0.1, -0.05) is 38.0 Å². The zero-order valence-corrected chi connectivity index (χ0v) is 17.9. The van der Waals surface area contributed by atoms with Crippen LogP contribution in [0.15, 0.2) is 35.3 Å². The number of nitrogens with two attached hydrogens (primary N) is 1. The second-order valence-corrected chi connectivity index (χ2v) is 6.68. The monoisotopic (exact) mass is 462 g/mol. The average molecular weight is 462 g/mol. The van der Waals surface area contributed by atoms with Crippen LogP contribution in [0.25, 0.3) is 0 Å². The van der Waals surface area contributed by atoms with Crippen LogP contribution in [0.4, 0.5) is 10.5 Å². The molecule has 0 aliphatic carbocycles. The quantitative estimate of drug-likeness (QED) is 0.323. The average Bonchev–Trinajstić information content (AvgIpc) is 2.49. The van der Waals surface area contributed by atoms with Gasteiger partial charge in [-0.3, -0.25) is 0 Å². The highest BCUT2D eigenvalue weighted by Gasteiger charge is 2.17. The Kier molecular flexibility index (Phi) is 11.2. The number of nitrogens with zero attached hydrogens (tertiary/aromatic N) is 1. The topological polar surface area (TPSA) is 88.7 Å². The number of guanidine groups is 1. The van der Waals surface area contributed by atoms with Crippen molar-refractivity contribution in [1.29, 1.82) is 0 Å². The third-order valence-corrected chi connectivity index (χ3v) is 3.14. The lowest BCUT2D eigenvalue weighted by Gasteiger charge is -2.21. The summed E-state index contributed by atoms with van der Waals surface area (Å²) in [6.07, 6.45) is 2.49. The number of para-hydroxylation sites is 1. The van der Waals surface area contributed by atoms with Gasteiger partial charge in [-0.05, 0) is 39.3 Å². The van der Waals surface area contributed by atoms with Crippen molar-refractivity contribution in [3.63, 3.8) is 0 Å². The predicted octanol–water partition coefficient (Wildman–Crippen LogP) is 4.11. The number of nitrogens with one attached hydrogen (secondary N) is 2. The molecule has 0 saturated heterocycles. The Morgan fingerprint density at radius 3 is 2.48 bits per heavy atom. The van der Waals surface area contributed by atoms with E-state index in [9.17, 15) is 4.79 Å². The van der Waals surface area contributed by atoms with E-state index in [0.29, 0.717) is 12.5 Å². The number of ether oxygens (including phenoxy) is 1. The fourth-order valence-corrected chi connectivity index (χ4v) is 2.07. The first-order valence-electron chi connectivity index (χ1n) is 8.42. The van der Waals surface area contributed by atoms with E-state index in [1.807, 2.05) is 51.1 Å². The number of unbranched alkanes of at least 4 members (excludes halogenated alkanes) is 1. The van der Waals surface area contributed by atoms with Crippen LogP contribution in [-0.2, 0) is 4.74 Å². The highest BCUT2D eigenvalue weighted by Crippen LogP contribution is 2.09. The van der Waals surface area contributed by atoms with Crippen LogP contribution in [0, 0.1) is 0 Å². The maximum Gasteiger partial charge on any atom is 0.407 e. The van der Waals surface area contributed by atoms with Gasteiger partial charge in [-0.15, -0.1) is 24.0 Å². The van der Waals surface area contributed by atoms with Gasteiger partial charge in [-0.25, -0.2) is 9.79 Å². The molecule has 1 aromatic carbocycles. The molecule has 6 nitrogen and oxygen atoms in total. The zero-order chi connectivity index (χ0) is 18.0. The van der Waals surface area contributed by atoms with Crippen molar-refractivity contribution in [1.82, 2.24) is 5.32 Å². The molecule has 0 aliphatic heterocycles. The number of hydrogen-bond donors (Lipinski definition) is 3. The van der Waals surface area contributed by atoms with E-state index in [1.54, 1.807) is 0 Å². The molecule has 0 fully saturated rings. The van der Waals surface area contributed by atoms with Crippen LogP contribution in [0.3, 0.4) is 0 Å². The number of hydrogen-bond acceptors (Lipinski definition) is 3. The summed E-state index contributed by atoms with van der Waals surface area (Å²) in [5.41, 5.74) is 6.35. The molecule has 1 unspecified atom stereocenters. The molecule has 0 aromatic heterocycles. The fourth-order valence-electron chi connectivity index (χ4n) is 2.07. The molecular formula is C18H31IN4O2. The Labute approximate surface area is 168 Å². The number of halogens is 1. The van der Waals surface area contributed by atoms with Gasteiger partial charge < -0.3 is 21.1 Å². The van der Waals surface area contributed by atoms with Crippen molar-refractivity contribution in [2.75, 3.05) is 11.9 Å². The Bertz CT molecular complexity index is 530. The minimum absolute atomic E-state index is 0. The van der Waals surface area contributed by atoms with E-state index in [2.05, 4.69) is 22.5 Å². The van der Waals surface area contributed by atoms with Crippen molar-refractivity contribution in [3.8, 4) is 0 Å². The molecule has 1 aromatic rings. The van der Waals surface area contributed by atoms with E-state index in [1.165, 1.54) is 0 Å². The van der Waals surface area contributed by atoms with Crippen molar-refractivity contribution in [2.45, 2.75) is 58.6 Å². The maximum absolute atomic E-state index is 11.8. The summed E-state index contributed by atoms with van der Waals surface area (Å²) in [6, 6.07) is 9.54. The molecule has 1 rings (SSSR count). The summed E-state index contributed by atoms with van der Waals surface area (Å²) in [5.74, 6) is 0.341. The molecule has 142 valence electrons. The highest BCUT2D eigenvalue weighted by atomic mass is 127. The van der Waals surface area contributed by atoms with Crippen LogP contribution < -0.4 is 16.4 Å². The second-order valence-electron chi connectivity index (χ2n) is 6.68. The molecule has 1 atom stereocenters. The molecule has 0 bridgehead atoms. The van der Waals surface area contributed by atoms with Crippen LogP contribution in [-0.4, -0.2) is 30.2 Å².